The molecule has 0 aliphatic rings. The number of amides is 1. The van der Waals surface area contributed by atoms with Crippen molar-refractivity contribution >= 4 is 17.5 Å². The molecular formula is C17H14ClF4NO. The van der Waals surface area contributed by atoms with Crippen LogP contribution in [0.2, 0.25) is 5.02 Å². The maximum absolute atomic E-state index is 13.0. The summed E-state index contributed by atoms with van der Waals surface area (Å²) in [6.07, 6.45) is -4.10. The molecule has 24 heavy (non-hydrogen) atoms. The fourth-order valence-electron chi connectivity index (χ4n) is 2.16. The fraction of sp³-hybridized carbons (Fsp3) is 0.235. The Morgan fingerprint density at radius 1 is 1.08 bits per heavy atom. The van der Waals surface area contributed by atoms with Gasteiger partial charge in [0.1, 0.15) is 5.82 Å². The van der Waals surface area contributed by atoms with Gasteiger partial charge in [-0.15, -0.1) is 0 Å². The summed E-state index contributed by atoms with van der Waals surface area (Å²) in [7, 11) is 0. The van der Waals surface area contributed by atoms with Crippen molar-refractivity contribution in [3.63, 3.8) is 0 Å². The number of carbonyl (C=O) groups excluding carboxylic acids is 1. The Hall–Kier alpha value is -2.08. The van der Waals surface area contributed by atoms with Crippen LogP contribution in [0.25, 0.3) is 0 Å². The van der Waals surface area contributed by atoms with E-state index >= 15 is 0 Å². The van der Waals surface area contributed by atoms with Gasteiger partial charge in [0.05, 0.1) is 5.56 Å². The lowest BCUT2D eigenvalue weighted by atomic mass is 10.1. The van der Waals surface area contributed by atoms with Crippen LogP contribution in [0.4, 0.5) is 17.6 Å². The van der Waals surface area contributed by atoms with Crippen molar-refractivity contribution in [2.45, 2.75) is 25.6 Å². The van der Waals surface area contributed by atoms with Crippen molar-refractivity contribution in [3.8, 4) is 0 Å². The monoisotopic (exact) mass is 359 g/mol. The molecule has 0 aliphatic carbocycles. The molecule has 0 spiro atoms. The van der Waals surface area contributed by atoms with E-state index in [-0.39, 0.29) is 24.4 Å². The Morgan fingerprint density at radius 3 is 2.38 bits per heavy atom. The van der Waals surface area contributed by atoms with Crippen molar-refractivity contribution in [3.05, 3.63) is 70.0 Å². The van der Waals surface area contributed by atoms with E-state index in [1.165, 1.54) is 0 Å². The smallest absolute Gasteiger partial charge is 0.352 e. The van der Waals surface area contributed by atoms with Crippen LogP contribution in [0.15, 0.2) is 42.5 Å². The number of nitrogens with one attached hydrogen (secondary N) is 1. The van der Waals surface area contributed by atoms with E-state index < -0.39 is 17.6 Å². The molecule has 0 atom stereocenters. The van der Waals surface area contributed by atoms with Crippen molar-refractivity contribution in [1.29, 1.82) is 0 Å². The van der Waals surface area contributed by atoms with E-state index in [1.807, 2.05) is 0 Å². The normalized spacial score (nSPS) is 11.4. The number of aryl methyl sites for hydroxylation is 1. The minimum absolute atomic E-state index is 0.129. The van der Waals surface area contributed by atoms with Gasteiger partial charge in [0.15, 0.2) is 0 Å². The second-order valence-corrected chi connectivity index (χ2v) is 5.64. The summed E-state index contributed by atoms with van der Waals surface area (Å²) in [5, 5.41) is 3.01. The van der Waals surface area contributed by atoms with E-state index in [4.69, 9.17) is 11.6 Å². The summed E-state index contributed by atoms with van der Waals surface area (Å²) in [6.45, 7) is -0.311. The molecule has 1 amide bonds. The van der Waals surface area contributed by atoms with Crippen LogP contribution in [-0.2, 0) is 23.9 Å². The highest BCUT2D eigenvalue weighted by Crippen LogP contribution is 2.32. The number of halogens is 5. The lowest BCUT2D eigenvalue weighted by Crippen LogP contribution is -2.24. The van der Waals surface area contributed by atoms with E-state index in [9.17, 15) is 22.4 Å². The second kappa shape index (κ2) is 7.66. The maximum atomic E-state index is 13.0. The van der Waals surface area contributed by atoms with Crippen LogP contribution in [0.1, 0.15) is 23.1 Å². The summed E-state index contributed by atoms with van der Waals surface area (Å²) < 4.78 is 51.6. The van der Waals surface area contributed by atoms with Gasteiger partial charge in [-0.2, -0.15) is 13.2 Å². The van der Waals surface area contributed by atoms with Gasteiger partial charge in [-0.25, -0.2) is 4.39 Å². The highest BCUT2D eigenvalue weighted by molar-refractivity contribution is 6.30. The van der Waals surface area contributed by atoms with Crippen LogP contribution in [0.5, 0.6) is 0 Å². The molecular weight excluding hydrogens is 346 g/mol. The first kappa shape index (κ1) is 18.3. The molecule has 0 saturated heterocycles. The quantitative estimate of drug-likeness (QED) is 0.767. The summed E-state index contributed by atoms with van der Waals surface area (Å²) in [5.41, 5.74) is -0.364. The second-order valence-electron chi connectivity index (χ2n) is 5.20. The maximum Gasteiger partial charge on any atom is 0.416 e. The molecule has 0 fully saturated rings. The predicted molar refractivity (Wildman–Crippen MR) is 83.0 cm³/mol. The Morgan fingerprint density at radius 2 is 1.75 bits per heavy atom. The molecule has 0 aliphatic heterocycles. The van der Waals surface area contributed by atoms with Crippen LogP contribution in [0, 0.1) is 5.82 Å². The first-order valence-corrected chi connectivity index (χ1v) is 7.50. The van der Waals surface area contributed by atoms with Gasteiger partial charge in [-0.3, -0.25) is 4.79 Å². The van der Waals surface area contributed by atoms with Gasteiger partial charge < -0.3 is 5.32 Å². The molecule has 0 unspecified atom stereocenters. The first-order chi connectivity index (χ1) is 11.3. The summed E-state index contributed by atoms with van der Waals surface area (Å²) in [6, 6.07) is 9.33. The third-order valence-electron chi connectivity index (χ3n) is 3.41. The van der Waals surface area contributed by atoms with Crippen LogP contribution < -0.4 is 5.32 Å². The van der Waals surface area contributed by atoms with Gasteiger partial charge in [0.25, 0.3) is 0 Å². The van der Waals surface area contributed by atoms with Crippen molar-refractivity contribution < 1.29 is 22.4 Å². The van der Waals surface area contributed by atoms with Crippen LogP contribution in [0.3, 0.4) is 0 Å². The molecule has 0 saturated carbocycles. The molecule has 2 nitrogen and oxygen atoms in total. The van der Waals surface area contributed by atoms with E-state index in [1.54, 1.807) is 24.3 Å². The third-order valence-corrected chi connectivity index (χ3v) is 3.66. The zero-order valence-electron chi connectivity index (χ0n) is 12.5. The Balaban J connectivity index is 1.93. The molecule has 0 aromatic heterocycles. The van der Waals surface area contributed by atoms with Gasteiger partial charge in [-0.05, 0) is 41.8 Å². The standard InChI is InChI=1S/C17H14ClF4NO/c18-13-5-1-11(2-6-13)3-8-16(24)23-10-12-4-7-14(19)9-15(12)17(20,21)22/h1-2,4-7,9H,3,8,10H2,(H,23,24). The largest absolute Gasteiger partial charge is 0.416 e. The van der Waals surface area contributed by atoms with E-state index in [0.717, 1.165) is 17.7 Å². The molecule has 0 heterocycles. The third kappa shape index (κ3) is 5.23. The van der Waals surface area contributed by atoms with Crippen molar-refractivity contribution in [1.82, 2.24) is 5.32 Å². The first-order valence-electron chi connectivity index (χ1n) is 7.12. The molecule has 128 valence electrons. The average molecular weight is 360 g/mol. The minimum Gasteiger partial charge on any atom is -0.352 e. The van der Waals surface area contributed by atoms with Gasteiger partial charge in [0, 0.05) is 18.0 Å². The average Bonchev–Trinajstić information content (AvgIpc) is 2.52. The molecule has 2 aromatic carbocycles. The van der Waals surface area contributed by atoms with E-state index in [0.29, 0.717) is 17.5 Å². The van der Waals surface area contributed by atoms with Crippen LogP contribution >= 0.6 is 11.6 Å². The molecule has 0 radical (unpaired) electrons. The van der Waals surface area contributed by atoms with Crippen molar-refractivity contribution in [2.75, 3.05) is 0 Å². The summed E-state index contributed by atoms with van der Waals surface area (Å²) in [4.78, 5) is 11.8. The van der Waals surface area contributed by atoms with Gasteiger partial charge >= 0.3 is 6.18 Å². The zero-order chi connectivity index (χ0) is 17.7. The molecule has 2 aromatic rings. The number of carbonyl (C=O) groups is 1. The highest BCUT2D eigenvalue weighted by Gasteiger charge is 2.33. The minimum atomic E-state index is -4.68. The molecule has 7 heteroatoms. The van der Waals surface area contributed by atoms with Crippen LogP contribution in [-0.4, -0.2) is 5.91 Å². The number of rotatable bonds is 5. The Bertz CT molecular complexity index is 714. The SMILES string of the molecule is O=C(CCc1ccc(Cl)cc1)NCc1ccc(F)cc1C(F)(F)F. The molecule has 0 bridgehead atoms. The Kier molecular flexibility index (Phi) is 5.83. The number of hydrogen-bond donors (Lipinski definition) is 1. The van der Waals surface area contributed by atoms with Crippen molar-refractivity contribution in [2.24, 2.45) is 0 Å². The molecule has 1 N–H and O–H groups in total. The predicted octanol–water partition coefficient (Wildman–Crippen LogP) is 4.75. The van der Waals surface area contributed by atoms with E-state index in [2.05, 4.69) is 5.32 Å². The summed E-state index contributed by atoms with van der Waals surface area (Å²) >= 11 is 5.76. The van der Waals surface area contributed by atoms with Gasteiger partial charge in [-0.1, -0.05) is 29.8 Å². The lowest BCUT2D eigenvalue weighted by molar-refractivity contribution is -0.138. The Labute approximate surface area is 141 Å². The topological polar surface area (TPSA) is 29.1 Å². The number of hydrogen-bond acceptors (Lipinski definition) is 1. The number of alkyl halides is 3. The lowest BCUT2D eigenvalue weighted by Gasteiger charge is -2.13. The number of benzene rings is 2. The summed E-state index contributed by atoms with van der Waals surface area (Å²) in [5.74, 6) is -1.36. The molecule has 2 rings (SSSR count). The van der Waals surface area contributed by atoms with Gasteiger partial charge in [0.2, 0.25) is 5.91 Å². The fourth-order valence-corrected chi connectivity index (χ4v) is 2.28. The zero-order valence-corrected chi connectivity index (χ0v) is 13.2. The highest BCUT2D eigenvalue weighted by atomic mass is 35.5.